The van der Waals surface area contributed by atoms with Gasteiger partial charge in [0.25, 0.3) is 0 Å². The molecule has 1 saturated heterocycles. The van der Waals surface area contributed by atoms with Crippen LogP contribution in [0.15, 0.2) is 12.1 Å². The van der Waals surface area contributed by atoms with Crippen LogP contribution in [-0.4, -0.2) is 58.8 Å². The third-order valence-electron chi connectivity index (χ3n) is 5.63. The van der Waals surface area contributed by atoms with Crippen LogP contribution < -0.4 is 5.32 Å². The van der Waals surface area contributed by atoms with Crippen LogP contribution in [-0.2, 0) is 17.8 Å². The summed E-state index contributed by atoms with van der Waals surface area (Å²) in [5.41, 5.74) is 2.24. The van der Waals surface area contributed by atoms with Gasteiger partial charge in [0.15, 0.2) is 0 Å². The number of nitrogens with zero attached hydrogens (tertiary/aromatic N) is 1. The van der Waals surface area contributed by atoms with Crippen LogP contribution in [0.3, 0.4) is 0 Å². The average molecular weight is 415 g/mol. The van der Waals surface area contributed by atoms with Gasteiger partial charge in [-0.05, 0) is 48.3 Å². The molecule has 9 heteroatoms. The Hall–Kier alpha value is -0.825. The molecule has 0 saturated carbocycles. The lowest BCUT2D eigenvalue weighted by atomic mass is 9.80. The molecule has 1 unspecified atom stereocenters. The van der Waals surface area contributed by atoms with Gasteiger partial charge >= 0.3 is 13.1 Å². The Morgan fingerprint density at radius 1 is 1.30 bits per heavy atom. The van der Waals surface area contributed by atoms with E-state index in [9.17, 15) is 9.90 Å². The summed E-state index contributed by atoms with van der Waals surface area (Å²) in [6.07, 6.45) is 2.38. The molecule has 148 valence electrons. The highest BCUT2D eigenvalue weighted by Gasteiger charge is 2.38. The Balaban J connectivity index is 1.58. The van der Waals surface area contributed by atoms with Gasteiger partial charge in [-0.1, -0.05) is 29.6 Å². The highest BCUT2D eigenvalue weighted by atomic mass is 35.5. The first-order valence-electron chi connectivity index (χ1n) is 9.35. The Labute approximate surface area is 169 Å². The zero-order valence-corrected chi connectivity index (χ0v) is 16.6. The van der Waals surface area contributed by atoms with E-state index in [4.69, 9.17) is 33.2 Å². The molecule has 3 atom stereocenters. The predicted molar refractivity (Wildman–Crippen MR) is 106 cm³/mol. The van der Waals surface area contributed by atoms with Gasteiger partial charge in [-0.15, -0.1) is 0 Å². The van der Waals surface area contributed by atoms with E-state index in [2.05, 4.69) is 10.2 Å². The van der Waals surface area contributed by atoms with Crippen molar-refractivity contribution in [2.75, 3.05) is 19.6 Å². The van der Waals surface area contributed by atoms with Crippen LogP contribution in [0.2, 0.25) is 16.4 Å². The van der Waals surface area contributed by atoms with Crippen molar-refractivity contribution in [1.29, 1.82) is 0 Å². The van der Waals surface area contributed by atoms with Gasteiger partial charge in [0.05, 0.1) is 5.92 Å². The van der Waals surface area contributed by atoms with Crippen molar-refractivity contribution in [3.63, 3.8) is 0 Å². The quantitative estimate of drug-likeness (QED) is 0.509. The predicted octanol–water partition coefficient (Wildman–Crippen LogP) is 1.89. The minimum Gasteiger partial charge on any atom is -0.481 e. The zero-order chi connectivity index (χ0) is 19.6. The standard InChI is InChI=1S/C18H25BCl2N2O4/c20-13-4-12-7-22-14(6-15(12)17(21)5-13)9-23-8-11(2-1-3-19(26)27)16(10-23)18(24)25/h4-5,11,14,16,22,26-27H,1-3,6-10H2,(H,24,25)/t11-,14?,16+/m0/s1. The first-order chi connectivity index (χ1) is 12.8. The number of nitrogens with one attached hydrogen (secondary N) is 1. The van der Waals surface area contributed by atoms with Gasteiger partial charge in [-0.25, -0.2) is 0 Å². The molecule has 27 heavy (non-hydrogen) atoms. The number of carboxylic acids is 1. The lowest BCUT2D eigenvalue weighted by molar-refractivity contribution is -0.142. The van der Waals surface area contributed by atoms with Gasteiger partial charge in [0, 0.05) is 42.3 Å². The van der Waals surface area contributed by atoms with Gasteiger partial charge in [-0.2, -0.15) is 0 Å². The first kappa shape index (κ1) is 20.9. The van der Waals surface area contributed by atoms with E-state index in [1.807, 2.05) is 6.07 Å². The minimum absolute atomic E-state index is 0.0412. The number of rotatable bonds is 7. The van der Waals surface area contributed by atoms with Crippen LogP contribution in [0.25, 0.3) is 0 Å². The van der Waals surface area contributed by atoms with Gasteiger partial charge in [0.2, 0.25) is 0 Å². The molecule has 1 fully saturated rings. The van der Waals surface area contributed by atoms with Crippen LogP contribution in [0.1, 0.15) is 24.0 Å². The third kappa shape index (κ3) is 5.37. The average Bonchev–Trinajstić information content (AvgIpc) is 2.98. The van der Waals surface area contributed by atoms with Gasteiger partial charge < -0.3 is 25.4 Å². The third-order valence-corrected chi connectivity index (χ3v) is 6.19. The normalized spacial score (nSPS) is 25.4. The fourth-order valence-electron chi connectivity index (χ4n) is 4.30. The molecule has 0 aliphatic carbocycles. The van der Waals surface area contributed by atoms with E-state index >= 15 is 0 Å². The number of carboxylic acid groups (broad SMARTS) is 1. The fourth-order valence-corrected chi connectivity index (χ4v) is 4.91. The lowest BCUT2D eigenvalue weighted by Crippen LogP contribution is -2.44. The molecule has 2 aliphatic rings. The second-order valence-corrected chi connectivity index (χ2v) is 8.49. The van der Waals surface area contributed by atoms with E-state index in [1.165, 1.54) is 0 Å². The van der Waals surface area contributed by atoms with E-state index in [0.717, 1.165) is 30.6 Å². The van der Waals surface area contributed by atoms with Gasteiger partial charge in [0.1, 0.15) is 0 Å². The topological polar surface area (TPSA) is 93.0 Å². The van der Waals surface area contributed by atoms with Crippen molar-refractivity contribution in [1.82, 2.24) is 10.2 Å². The van der Waals surface area contributed by atoms with E-state index in [-0.39, 0.29) is 18.3 Å². The smallest absolute Gasteiger partial charge is 0.451 e. The molecule has 2 aliphatic heterocycles. The Morgan fingerprint density at radius 2 is 2.07 bits per heavy atom. The molecule has 0 amide bonds. The Kier molecular flexibility index (Phi) is 7.06. The molecule has 4 N–H and O–H groups in total. The molecule has 1 aromatic rings. The van der Waals surface area contributed by atoms with Crippen molar-refractivity contribution >= 4 is 36.3 Å². The SMILES string of the molecule is O=C(O)[C@@H]1CN(CC2Cc3c(Cl)cc(Cl)cc3CN2)C[C@@H]1CCCB(O)O. The van der Waals surface area contributed by atoms with Crippen molar-refractivity contribution in [3.8, 4) is 0 Å². The molecule has 2 heterocycles. The van der Waals surface area contributed by atoms with Crippen LogP contribution in [0, 0.1) is 11.8 Å². The first-order valence-corrected chi connectivity index (χ1v) is 10.1. The van der Waals surface area contributed by atoms with Crippen LogP contribution >= 0.6 is 23.2 Å². The van der Waals surface area contributed by atoms with Crippen LogP contribution in [0.5, 0.6) is 0 Å². The minimum atomic E-state index is -1.32. The summed E-state index contributed by atoms with van der Waals surface area (Å²) in [4.78, 5) is 13.8. The molecule has 6 nitrogen and oxygen atoms in total. The summed E-state index contributed by atoms with van der Waals surface area (Å²) < 4.78 is 0. The summed E-state index contributed by atoms with van der Waals surface area (Å²) in [5, 5.41) is 32.3. The number of carbonyl (C=O) groups is 1. The molecule has 0 spiro atoms. The fraction of sp³-hybridized carbons (Fsp3) is 0.611. The Bertz CT molecular complexity index is 692. The number of aliphatic carboxylic acids is 1. The van der Waals surface area contributed by atoms with Gasteiger partial charge in [-0.3, -0.25) is 4.79 Å². The maximum Gasteiger partial charge on any atom is 0.451 e. The van der Waals surface area contributed by atoms with E-state index < -0.39 is 19.0 Å². The summed E-state index contributed by atoms with van der Waals surface area (Å²) in [6, 6.07) is 3.92. The Morgan fingerprint density at radius 3 is 2.78 bits per heavy atom. The molecule has 1 aromatic carbocycles. The zero-order valence-electron chi connectivity index (χ0n) is 15.1. The second kappa shape index (κ2) is 9.12. The summed E-state index contributed by atoms with van der Waals surface area (Å²) in [6.45, 7) is 2.72. The molecule has 0 bridgehead atoms. The highest BCUT2D eigenvalue weighted by molar-refractivity contribution is 6.40. The van der Waals surface area contributed by atoms with Crippen molar-refractivity contribution in [2.24, 2.45) is 11.8 Å². The molecular formula is C18H25BCl2N2O4. The number of halogens is 2. The van der Waals surface area contributed by atoms with Crippen molar-refractivity contribution in [3.05, 3.63) is 33.3 Å². The molecule has 0 radical (unpaired) electrons. The number of benzene rings is 1. The van der Waals surface area contributed by atoms with Crippen LogP contribution in [0.4, 0.5) is 0 Å². The highest BCUT2D eigenvalue weighted by Crippen LogP contribution is 2.31. The maximum absolute atomic E-state index is 11.6. The molecule has 0 aromatic heterocycles. The summed E-state index contributed by atoms with van der Waals surface area (Å²) in [7, 11) is -1.32. The summed E-state index contributed by atoms with van der Waals surface area (Å²) in [5.74, 6) is -1.13. The van der Waals surface area contributed by atoms with Crippen molar-refractivity contribution < 1.29 is 19.9 Å². The van der Waals surface area contributed by atoms with E-state index in [0.29, 0.717) is 36.0 Å². The molecule has 3 rings (SSSR count). The number of likely N-dealkylation sites (tertiary alicyclic amines) is 1. The largest absolute Gasteiger partial charge is 0.481 e. The van der Waals surface area contributed by atoms with E-state index in [1.54, 1.807) is 6.07 Å². The second-order valence-electron chi connectivity index (χ2n) is 7.64. The number of hydrogen-bond donors (Lipinski definition) is 4. The lowest BCUT2D eigenvalue weighted by Gasteiger charge is -2.30. The van der Waals surface area contributed by atoms with Crippen molar-refractivity contribution in [2.45, 2.75) is 38.2 Å². The summed E-state index contributed by atoms with van der Waals surface area (Å²) >= 11 is 12.4. The number of hydrogen-bond acceptors (Lipinski definition) is 5. The molecular weight excluding hydrogens is 390 g/mol. The maximum atomic E-state index is 11.6. The monoisotopic (exact) mass is 414 g/mol. The number of fused-ring (bicyclic) bond motifs is 1.